The highest BCUT2D eigenvalue weighted by molar-refractivity contribution is 5.48. The zero-order valence-electron chi connectivity index (χ0n) is 15.0. The predicted molar refractivity (Wildman–Crippen MR) is 101 cm³/mol. The Balaban J connectivity index is 1.36. The van der Waals surface area contributed by atoms with Crippen LogP contribution < -0.4 is 9.80 Å². The van der Waals surface area contributed by atoms with Crippen LogP contribution in [0, 0.1) is 6.92 Å². The van der Waals surface area contributed by atoms with Crippen LogP contribution in [0.1, 0.15) is 36.7 Å². The molecule has 2 fully saturated rings. The van der Waals surface area contributed by atoms with E-state index < -0.39 is 0 Å². The number of anilines is 2. The Morgan fingerprint density at radius 1 is 0.962 bits per heavy atom. The van der Waals surface area contributed by atoms with Crippen molar-refractivity contribution in [1.82, 2.24) is 24.8 Å². The van der Waals surface area contributed by atoms with Crippen LogP contribution in [0.15, 0.2) is 30.5 Å². The highest BCUT2D eigenvalue weighted by Gasteiger charge is 2.26. The average molecular weight is 349 g/mol. The van der Waals surface area contributed by atoms with E-state index in [0.29, 0.717) is 5.92 Å². The van der Waals surface area contributed by atoms with Crippen molar-refractivity contribution in [2.45, 2.75) is 32.1 Å². The van der Waals surface area contributed by atoms with Crippen molar-refractivity contribution in [3.05, 3.63) is 42.0 Å². The number of piperidine rings is 1. The minimum Gasteiger partial charge on any atom is -0.371 e. The first kappa shape index (κ1) is 15.5. The third kappa shape index (κ3) is 2.67. The van der Waals surface area contributed by atoms with Crippen LogP contribution in [-0.4, -0.2) is 51.0 Å². The fraction of sp³-hybridized carbons (Fsp3) is 0.474. The number of aryl methyl sites for hydroxylation is 1. The molecule has 0 bridgehead atoms. The van der Waals surface area contributed by atoms with Crippen LogP contribution in [0.5, 0.6) is 0 Å². The summed E-state index contributed by atoms with van der Waals surface area (Å²) < 4.78 is 1.96. The van der Waals surface area contributed by atoms with Crippen LogP contribution >= 0.6 is 0 Å². The lowest BCUT2D eigenvalue weighted by Crippen LogP contribution is -2.38. The maximum atomic E-state index is 4.82. The number of rotatable bonds is 3. The standard InChI is InChI=1S/C19H23N7/c1-14-13-16(5-8-20-14)24-11-6-15(7-12-24)19-22-21-17-3-4-18(23-26(17)19)25-9-2-10-25/h3-5,8,13,15H,2,6-7,9-12H2,1H3. The lowest BCUT2D eigenvalue weighted by Gasteiger charge is -2.33. The van der Waals surface area contributed by atoms with Gasteiger partial charge in [0.15, 0.2) is 11.5 Å². The Morgan fingerprint density at radius 2 is 1.81 bits per heavy atom. The van der Waals surface area contributed by atoms with Crippen LogP contribution in [0.4, 0.5) is 11.5 Å². The third-order valence-corrected chi connectivity index (χ3v) is 5.56. The first-order valence-electron chi connectivity index (χ1n) is 9.43. The van der Waals surface area contributed by atoms with E-state index >= 15 is 0 Å². The Bertz CT molecular complexity index is 923. The fourth-order valence-corrected chi connectivity index (χ4v) is 3.89. The second-order valence-electron chi connectivity index (χ2n) is 7.28. The molecule has 0 saturated carbocycles. The molecule has 26 heavy (non-hydrogen) atoms. The van der Waals surface area contributed by atoms with Crippen molar-refractivity contribution in [3.8, 4) is 0 Å². The van der Waals surface area contributed by atoms with E-state index in [1.165, 1.54) is 12.1 Å². The van der Waals surface area contributed by atoms with Gasteiger partial charge in [-0.1, -0.05) is 0 Å². The molecule has 0 aromatic carbocycles. The van der Waals surface area contributed by atoms with Crippen LogP contribution in [0.3, 0.4) is 0 Å². The van der Waals surface area contributed by atoms with E-state index in [2.05, 4.69) is 43.2 Å². The highest BCUT2D eigenvalue weighted by Crippen LogP contribution is 2.30. The molecule has 5 heterocycles. The van der Waals surface area contributed by atoms with Crippen LogP contribution in [0.2, 0.25) is 0 Å². The zero-order chi connectivity index (χ0) is 17.5. The van der Waals surface area contributed by atoms with Crippen molar-refractivity contribution < 1.29 is 0 Å². The first-order valence-corrected chi connectivity index (χ1v) is 9.43. The number of pyridine rings is 1. The van der Waals surface area contributed by atoms with E-state index in [-0.39, 0.29) is 0 Å². The molecule has 3 aromatic rings. The summed E-state index contributed by atoms with van der Waals surface area (Å²) in [6, 6.07) is 8.35. The van der Waals surface area contributed by atoms with Crippen molar-refractivity contribution >= 4 is 17.2 Å². The third-order valence-electron chi connectivity index (χ3n) is 5.56. The molecular formula is C19H23N7. The molecule has 0 unspecified atom stereocenters. The molecule has 2 aliphatic rings. The van der Waals surface area contributed by atoms with Gasteiger partial charge in [-0.2, -0.15) is 4.52 Å². The van der Waals surface area contributed by atoms with Crippen molar-refractivity contribution in [3.63, 3.8) is 0 Å². The molecule has 3 aromatic heterocycles. The zero-order valence-corrected chi connectivity index (χ0v) is 15.0. The summed E-state index contributed by atoms with van der Waals surface area (Å²) >= 11 is 0. The van der Waals surface area contributed by atoms with Crippen molar-refractivity contribution in [2.75, 3.05) is 36.0 Å². The lowest BCUT2D eigenvalue weighted by atomic mass is 9.95. The van der Waals surface area contributed by atoms with Gasteiger partial charge in [0.05, 0.1) is 0 Å². The monoisotopic (exact) mass is 349 g/mol. The smallest absolute Gasteiger partial charge is 0.178 e. The molecule has 2 aliphatic heterocycles. The molecule has 0 N–H and O–H groups in total. The number of nitrogens with zero attached hydrogens (tertiary/aromatic N) is 7. The highest BCUT2D eigenvalue weighted by atomic mass is 15.4. The van der Waals surface area contributed by atoms with Crippen molar-refractivity contribution in [1.29, 1.82) is 0 Å². The largest absolute Gasteiger partial charge is 0.371 e. The van der Waals surface area contributed by atoms with E-state index in [9.17, 15) is 0 Å². The number of hydrogen-bond donors (Lipinski definition) is 0. The second kappa shape index (κ2) is 6.23. The number of aromatic nitrogens is 5. The molecule has 0 radical (unpaired) electrons. The van der Waals surface area contributed by atoms with Gasteiger partial charge in [0.25, 0.3) is 0 Å². The van der Waals surface area contributed by atoms with Gasteiger partial charge in [-0.25, -0.2) is 0 Å². The summed E-state index contributed by atoms with van der Waals surface area (Å²) in [7, 11) is 0. The molecule has 134 valence electrons. The Hall–Kier alpha value is -2.70. The molecule has 0 aliphatic carbocycles. The van der Waals surface area contributed by atoms with Gasteiger partial charge >= 0.3 is 0 Å². The Labute approximate surface area is 152 Å². The lowest BCUT2D eigenvalue weighted by molar-refractivity contribution is 0.476. The summed E-state index contributed by atoms with van der Waals surface area (Å²) in [5.74, 6) is 2.45. The number of fused-ring (bicyclic) bond motifs is 1. The average Bonchev–Trinajstić information content (AvgIpc) is 3.04. The molecule has 0 amide bonds. The second-order valence-corrected chi connectivity index (χ2v) is 7.28. The van der Waals surface area contributed by atoms with Gasteiger partial charge in [-0.3, -0.25) is 4.98 Å². The Morgan fingerprint density at radius 3 is 2.54 bits per heavy atom. The quantitative estimate of drug-likeness (QED) is 0.724. The SMILES string of the molecule is Cc1cc(N2CCC(c3nnc4ccc(N5CCC5)nn34)CC2)ccn1. The van der Waals surface area contributed by atoms with Crippen molar-refractivity contribution in [2.24, 2.45) is 0 Å². The fourth-order valence-electron chi connectivity index (χ4n) is 3.89. The minimum absolute atomic E-state index is 0.406. The predicted octanol–water partition coefficient (Wildman–Crippen LogP) is 2.42. The van der Waals surface area contributed by atoms with E-state index in [1.807, 2.05) is 23.7 Å². The summed E-state index contributed by atoms with van der Waals surface area (Å²) in [5, 5.41) is 13.6. The molecule has 7 heteroatoms. The molecular weight excluding hydrogens is 326 g/mol. The summed E-state index contributed by atoms with van der Waals surface area (Å²) in [5.41, 5.74) is 3.17. The van der Waals surface area contributed by atoms with Crippen LogP contribution in [0.25, 0.3) is 5.65 Å². The summed E-state index contributed by atoms with van der Waals surface area (Å²) in [6.45, 7) is 6.28. The molecule has 0 spiro atoms. The van der Waals surface area contributed by atoms with Gasteiger partial charge < -0.3 is 9.80 Å². The van der Waals surface area contributed by atoms with Gasteiger partial charge in [-0.05, 0) is 50.5 Å². The normalized spacial score (nSPS) is 18.3. The number of hydrogen-bond acceptors (Lipinski definition) is 6. The van der Waals surface area contributed by atoms with E-state index in [1.54, 1.807) is 0 Å². The maximum absolute atomic E-state index is 4.82. The van der Waals surface area contributed by atoms with E-state index in [4.69, 9.17) is 5.10 Å². The van der Waals surface area contributed by atoms with Crippen LogP contribution in [-0.2, 0) is 0 Å². The molecule has 7 nitrogen and oxygen atoms in total. The summed E-state index contributed by atoms with van der Waals surface area (Å²) in [4.78, 5) is 9.04. The first-order chi connectivity index (χ1) is 12.8. The molecule has 0 atom stereocenters. The van der Waals surface area contributed by atoms with Gasteiger partial charge in [0.2, 0.25) is 0 Å². The summed E-state index contributed by atoms with van der Waals surface area (Å²) in [6.07, 6.45) is 5.28. The maximum Gasteiger partial charge on any atom is 0.178 e. The topological polar surface area (TPSA) is 62.5 Å². The van der Waals surface area contributed by atoms with E-state index in [0.717, 1.165) is 62.0 Å². The molecule has 2 saturated heterocycles. The Kier molecular flexibility index (Phi) is 3.72. The minimum atomic E-state index is 0.406. The molecule has 5 rings (SSSR count). The van der Waals surface area contributed by atoms with Gasteiger partial charge in [0.1, 0.15) is 5.82 Å². The van der Waals surface area contributed by atoms with Gasteiger partial charge in [-0.15, -0.1) is 15.3 Å². The van der Waals surface area contributed by atoms with Gasteiger partial charge in [0, 0.05) is 49.7 Å².